The predicted molar refractivity (Wildman–Crippen MR) is 178 cm³/mol. The number of hydrogen-bond acceptors (Lipinski definition) is 4. The summed E-state index contributed by atoms with van der Waals surface area (Å²) in [5, 5.41) is 4.41. The van der Waals surface area contributed by atoms with Crippen LogP contribution >= 0.6 is 0 Å². The van der Waals surface area contributed by atoms with Crippen LogP contribution in [0.25, 0.3) is 83.6 Å². The molecular formula is C39H24N4O. The van der Waals surface area contributed by atoms with Gasteiger partial charge < -0.3 is 8.98 Å². The van der Waals surface area contributed by atoms with Gasteiger partial charge in [-0.3, -0.25) is 0 Å². The fourth-order valence-electron chi connectivity index (χ4n) is 6.25. The van der Waals surface area contributed by atoms with Crippen LogP contribution in [0.1, 0.15) is 0 Å². The fourth-order valence-corrected chi connectivity index (χ4v) is 6.25. The molecule has 0 bridgehead atoms. The predicted octanol–water partition coefficient (Wildman–Crippen LogP) is 9.87. The zero-order valence-corrected chi connectivity index (χ0v) is 23.6. The van der Waals surface area contributed by atoms with E-state index in [0.29, 0.717) is 17.5 Å². The minimum absolute atomic E-state index is 0.571. The summed E-state index contributed by atoms with van der Waals surface area (Å²) in [5.74, 6) is 1.81. The van der Waals surface area contributed by atoms with E-state index in [1.165, 1.54) is 5.39 Å². The van der Waals surface area contributed by atoms with Crippen molar-refractivity contribution in [2.24, 2.45) is 0 Å². The second kappa shape index (κ2) is 9.75. The van der Waals surface area contributed by atoms with Gasteiger partial charge in [0.25, 0.3) is 0 Å². The summed E-state index contributed by atoms with van der Waals surface area (Å²) in [6, 6.07) is 49.7. The molecule has 0 unspecified atom stereocenters. The van der Waals surface area contributed by atoms with Crippen LogP contribution in [0.2, 0.25) is 0 Å². The Bertz CT molecular complexity index is 2420. The standard InChI is InChI=1S/C39H24N4O/c1-4-13-25(14-5-1)37-40-38(26-15-6-2-7-16-26)42-39(41-37)32-21-12-20-30-31-24-23-29-28-19-10-11-22-33(28)43(27-17-8-3-9-18-27)34(29)36(31)44-35(30)32/h1-24H. The maximum atomic E-state index is 6.91. The molecule has 0 fully saturated rings. The highest BCUT2D eigenvalue weighted by atomic mass is 16.3. The lowest BCUT2D eigenvalue weighted by Crippen LogP contribution is -2.00. The normalized spacial score (nSPS) is 11.6. The Hall–Kier alpha value is -6.07. The van der Waals surface area contributed by atoms with Crippen LogP contribution in [-0.2, 0) is 0 Å². The highest BCUT2D eigenvalue weighted by Gasteiger charge is 2.21. The van der Waals surface area contributed by atoms with Crippen molar-refractivity contribution in [2.75, 3.05) is 0 Å². The first-order valence-electron chi connectivity index (χ1n) is 14.6. The van der Waals surface area contributed by atoms with Crippen molar-refractivity contribution in [3.05, 3.63) is 146 Å². The molecule has 0 amide bonds. The van der Waals surface area contributed by atoms with Gasteiger partial charge in [0.05, 0.1) is 16.6 Å². The Balaban J connectivity index is 1.35. The largest absolute Gasteiger partial charge is 0.453 e. The van der Waals surface area contributed by atoms with Gasteiger partial charge in [-0.05, 0) is 30.3 Å². The number of nitrogens with zero attached hydrogens (tertiary/aromatic N) is 4. The summed E-state index contributed by atoms with van der Waals surface area (Å²) in [6.07, 6.45) is 0. The van der Waals surface area contributed by atoms with Crippen molar-refractivity contribution in [3.63, 3.8) is 0 Å². The molecule has 3 aromatic heterocycles. The Labute approximate surface area is 252 Å². The molecule has 0 saturated carbocycles. The molecular weight excluding hydrogens is 540 g/mol. The Morgan fingerprint density at radius 1 is 0.409 bits per heavy atom. The van der Waals surface area contributed by atoms with Gasteiger partial charge in [-0.15, -0.1) is 0 Å². The molecule has 3 heterocycles. The minimum Gasteiger partial charge on any atom is -0.453 e. The van der Waals surface area contributed by atoms with Crippen molar-refractivity contribution in [1.82, 2.24) is 19.5 Å². The number of rotatable bonds is 4. The van der Waals surface area contributed by atoms with Gasteiger partial charge in [0.1, 0.15) is 5.58 Å². The SMILES string of the molecule is c1ccc(-c2nc(-c3ccccc3)nc(-c3cccc4c3oc3c4ccc4c5ccccc5n(-c5ccccc5)c43)n2)cc1. The van der Waals surface area contributed by atoms with Crippen LogP contribution in [0.15, 0.2) is 150 Å². The molecule has 44 heavy (non-hydrogen) atoms. The first-order chi connectivity index (χ1) is 21.8. The fraction of sp³-hybridized carbons (Fsp3) is 0. The summed E-state index contributed by atoms with van der Waals surface area (Å²) in [4.78, 5) is 14.9. The van der Waals surface area contributed by atoms with Gasteiger partial charge in [-0.2, -0.15) is 0 Å². The number of fused-ring (bicyclic) bond motifs is 7. The molecule has 0 N–H and O–H groups in total. The zero-order chi connectivity index (χ0) is 29.0. The van der Waals surface area contributed by atoms with E-state index in [1.807, 2.05) is 72.8 Å². The third kappa shape index (κ3) is 3.76. The van der Waals surface area contributed by atoms with Crippen LogP contribution in [0, 0.1) is 0 Å². The molecule has 0 spiro atoms. The lowest BCUT2D eigenvalue weighted by atomic mass is 10.1. The van der Waals surface area contributed by atoms with Crippen molar-refractivity contribution in [2.45, 2.75) is 0 Å². The van der Waals surface area contributed by atoms with Gasteiger partial charge in [0.2, 0.25) is 0 Å². The molecule has 0 aliphatic heterocycles. The molecule has 9 rings (SSSR count). The third-order valence-corrected chi connectivity index (χ3v) is 8.25. The maximum Gasteiger partial charge on any atom is 0.167 e. The second-order valence-corrected chi connectivity index (χ2v) is 10.8. The molecule has 6 aromatic carbocycles. The van der Waals surface area contributed by atoms with Gasteiger partial charge in [-0.1, -0.05) is 115 Å². The highest BCUT2D eigenvalue weighted by molar-refractivity contribution is 6.22. The van der Waals surface area contributed by atoms with Crippen LogP contribution in [0.4, 0.5) is 0 Å². The number of benzene rings is 6. The molecule has 0 radical (unpaired) electrons. The lowest BCUT2D eigenvalue weighted by molar-refractivity contribution is 0.671. The Morgan fingerprint density at radius 3 is 1.66 bits per heavy atom. The van der Waals surface area contributed by atoms with Crippen LogP contribution < -0.4 is 0 Å². The van der Waals surface area contributed by atoms with Gasteiger partial charge >= 0.3 is 0 Å². The topological polar surface area (TPSA) is 56.7 Å². The third-order valence-electron chi connectivity index (χ3n) is 8.25. The van der Waals surface area contributed by atoms with E-state index in [9.17, 15) is 0 Å². The van der Waals surface area contributed by atoms with Crippen molar-refractivity contribution in [1.29, 1.82) is 0 Å². The van der Waals surface area contributed by atoms with E-state index in [2.05, 4.69) is 77.4 Å². The van der Waals surface area contributed by atoms with Crippen LogP contribution in [-0.4, -0.2) is 19.5 Å². The quantitative estimate of drug-likeness (QED) is 0.213. The number of hydrogen-bond donors (Lipinski definition) is 0. The average molecular weight is 565 g/mol. The summed E-state index contributed by atoms with van der Waals surface area (Å²) >= 11 is 0. The average Bonchev–Trinajstić information content (AvgIpc) is 3.65. The molecule has 0 aliphatic carbocycles. The monoisotopic (exact) mass is 564 g/mol. The second-order valence-electron chi connectivity index (χ2n) is 10.8. The number of para-hydroxylation sites is 3. The smallest absolute Gasteiger partial charge is 0.167 e. The minimum atomic E-state index is 0.571. The Morgan fingerprint density at radius 2 is 0.955 bits per heavy atom. The first-order valence-corrected chi connectivity index (χ1v) is 14.6. The molecule has 5 heteroatoms. The Kier molecular flexibility index (Phi) is 5.43. The summed E-state index contributed by atoms with van der Waals surface area (Å²) in [5.41, 5.74) is 7.55. The van der Waals surface area contributed by atoms with Crippen LogP contribution in [0.3, 0.4) is 0 Å². The van der Waals surface area contributed by atoms with E-state index in [1.54, 1.807) is 0 Å². The van der Waals surface area contributed by atoms with Crippen molar-refractivity contribution >= 4 is 43.7 Å². The zero-order valence-electron chi connectivity index (χ0n) is 23.6. The summed E-state index contributed by atoms with van der Waals surface area (Å²) in [7, 11) is 0. The van der Waals surface area contributed by atoms with E-state index in [0.717, 1.165) is 60.7 Å². The van der Waals surface area contributed by atoms with Crippen molar-refractivity contribution < 1.29 is 4.42 Å². The lowest BCUT2D eigenvalue weighted by Gasteiger charge is -2.08. The molecule has 0 aliphatic rings. The molecule has 0 saturated heterocycles. The molecule has 0 atom stereocenters. The van der Waals surface area contributed by atoms with Crippen LogP contribution in [0.5, 0.6) is 0 Å². The molecule has 206 valence electrons. The summed E-state index contributed by atoms with van der Waals surface area (Å²) < 4.78 is 9.22. The number of aromatic nitrogens is 4. The molecule has 5 nitrogen and oxygen atoms in total. The van der Waals surface area contributed by atoms with E-state index in [4.69, 9.17) is 19.4 Å². The van der Waals surface area contributed by atoms with Gasteiger partial charge in [0, 0.05) is 38.4 Å². The van der Waals surface area contributed by atoms with E-state index >= 15 is 0 Å². The van der Waals surface area contributed by atoms with Crippen molar-refractivity contribution in [3.8, 4) is 39.9 Å². The highest BCUT2D eigenvalue weighted by Crippen LogP contribution is 2.42. The number of furan rings is 1. The summed E-state index contributed by atoms with van der Waals surface area (Å²) in [6.45, 7) is 0. The van der Waals surface area contributed by atoms with E-state index in [-0.39, 0.29) is 0 Å². The molecule has 9 aromatic rings. The first kappa shape index (κ1) is 24.5. The van der Waals surface area contributed by atoms with E-state index < -0.39 is 0 Å². The van der Waals surface area contributed by atoms with Gasteiger partial charge in [-0.25, -0.2) is 15.0 Å². The maximum absolute atomic E-state index is 6.91. The van der Waals surface area contributed by atoms with Gasteiger partial charge in [0.15, 0.2) is 23.1 Å².